The number of nitrogens with one attached hydrogen (secondary N) is 1. The van der Waals surface area contributed by atoms with Gasteiger partial charge in [-0.2, -0.15) is 0 Å². The number of hydrogen-bond donors (Lipinski definition) is 6. The zero-order chi connectivity index (χ0) is 28.5. The van der Waals surface area contributed by atoms with Crippen LogP contribution in [0, 0.1) is 0 Å². The maximum Gasteiger partial charge on any atom is 0.320 e. The van der Waals surface area contributed by atoms with E-state index in [1.54, 1.807) is 19.6 Å². The molecule has 1 aliphatic rings. The molecule has 0 radical (unpaired) electrons. The summed E-state index contributed by atoms with van der Waals surface area (Å²) in [6.07, 6.45) is 0.441. The third-order valence-corrected chi connectivity index (χ3v) is 6.08. The number of carbonyl (C=O) groups excluding carboxylic acids is 1. The highest BCUT2D eigenvalue weighted by molar-refractivity contribution is 5.78. The number of nitrogens with zero attached hydrogens (tertiary/aromatic N) is 4. The highest BCUT2D eigenvalue weighted by Gasteiger charge is 2.28. The molecule has 1 amide bonds. The summed E-state index contributed by atoms with van der Waals surface area (Å²) < 4.78 is 0. The van der Waals surface area contributed by atoms with Crippen molar-refractivity contribution < 1.29 is 49.2 Å². The normalized spacial score (nSPS) is 18.1. The van der Waals surface area contributed by atoms with Crippen LogP contribution >= 0.6 is 0 Å². The van der Waals surface area contributed by atoms with E-state index in [2.05, 4.69) is 10.2 Å². The van der Waals surface area contributed by atoms with E-state index in [0.29, 0.717) is 13.0 Å². The van der Waals surface area contributed by atoms with E-state index in [1.165, 1.54) is 0 Å². The highest BCUT2D eigenvalue weighted by atomic mass is 16.6. The van der Waals surface area contributed by atoms with Gasteiger partial charge in [0.15, 0.2) is 0 Å². The average Bonchev–Trinajstić information content (AvgIpc) is 2.81. The second kappa shape index (κ2) is 18.4. The van der Waals surface area contributed by atoms with Gasteiger partial charge in [0.05, 0.1) is 26.2 Å². The van der Waals surface area contributed by atoms with Gasteiger partial charge in [-0.05, 0) is 12.8 Å². The lowest BCUT2D eigenvalue weighted by Gasteiger charge is -2.35. The smallest absolute Gasteiger partial charge is 0.320 e. The Morgan fingerprint density at radius 2 is 1.16 bits per heavy atom. The minimum Gasteiger partial charge on any atom is -0.480 e. The predicted molar refractivity (Wildman–Crippen MR) is 132 cm³/mol. The molecule has 1 saturated heterocycles. The monoisotopic (exact) mass is 548 g/mol. The first-order chi connectivity index (χ1) is 18.0. The summed E-state index contributed by atoms with van der Waals surface area (Å²) in [5.74, 6) is 0.249. The van der Waals surface area contributed by atoms with Crippen molar-refractivity contribution in [1.29, 1.82) is 0 Å². The van der Waals surface area contributed by atoms with Gasteiger partial charge in [-0.25, -0.2) is 5.90 Å². The molecule has 38 heavy (non-hydrogen) atoms. The lowest BCUT2D eigenvalue weighted by atomic mass is 10.1. The summed E-state index contributed by atoms with van der Waals surface area (Å²) in [7, 11) is 0. The van der Waals surface area contributed by atoms with E-state index in [4.69, 9.17) is 5.90 Å². The largest absolute Gasteiger partial charge is 0.480 e. The number of carbonyl (C=O) groups is 5. The SMILES string of the molecule is NOCCCNC(=O)CCC(C(=O)O)N1CCN(CC(=O)O)CCN(CC(=O)O)CCN(CC(=O)O)CC1. The number of amides is 1. The molecule has 0 bridgehead atoms. The fourth-order valence-electron chi connectivity index (χ4n) is 4.11. The van der Waals surface area contributed by atoms with Crippen LogP contribution in [0.25, 0.3) is 0 Å². The van der Waals surface area contributed by atoms with Gasteiger partial charge in [0, 0.05) is 65.3 Å². The van der Waals surface area contributed by atoms with Gasteiger partial charge < -0.3 is 30.6 Å². The Morgan fingerprint density at radius 3 is 1.53 bits per heavy atom. The van der Waals surface area contributed by atoms with Crippen molar-refractivity contribution in [3.63, 3.8) is 0 Å². The lowest BCUT2D eigenvalue weighted by molar-refractivity contribution is -0.145. The molecule has 1 unspecified atom stereocenters. The molecule has 0 spiro atoms. The van der Waals surface area contributed by atoms with Crippen molar-refractivity contribution >= 4 is 29.8 Å². The lowest BCUT2D eigenvalue weighted by Crippen LogP contribution is -2.52. The van der Waals surface area contributed by atoms with Crippen molar-refractivity contribution in [3.05, 3.63) is 0 Å². The first-order valence-electron chi connectivity index (χ1n) is 12.4. The van der Waals surface area contributed by atoms with Gasteiger partial charge in [-0.3, -0.25) is 43.6 Å². The standard InChI is InChI=1S/C22H40N6O10/c23-38-13-1-4-24-18(29)3-2-17(22(36)37)28-11-9-26(15-20(32)33)7-5-25(14-19(30)31)6-8-27(10-12-28)16-21(34)35/h17H,1-16,23H2,(H,24,29)(H,30,31)(H,32,33)(H,34,35)(H,36,37). The molecular formula is C22H40N6O10. The Bertz CT molecular complexity index is 754. The Labute approximate surface area is 220 Å². The quantitative estimate of drug-likeness (QED) is 0.0890. The third kappa shape index (κ3) is 14.7. The summed E-state index contributed by atoms with van der Waals surface area (Å²) in [5, 5.41) is 40.5. The summed E-state index contributed by atoms with van der Waals surface area (Å²) in [6.45, 7) is 1.26. The first kappa shape index (κ1) is 33.1. The van der Waals surface area contributed by atoms with Crippen LogP contribution in [-0.2, 0) is 28.8 Å². The van der Waals surface area contributed by atoms with E-state index in [9.17, 15) is 44.4 Å². The fourth-order valence-corrected chi connectivity index (χ4v) is 4.11. The summed E-state index contributed by atoms with van der Waals surface area (Å²) in [6, 6.07) is -1.06. The maximum atomic E-state index is 12.2. The van der Waals surface area contributed by atoms with Crippen LogP contribution in [0.5, 0.6) is 0 Å². The van der Waals surface area contributed by atoms with Gasteiger partial charge in [0.2, 0.25) is 5.91 Å². The van der Waals surface area contributed by atoms with Crippen LogP contribution in [0.1, 0.15) is 19.3 Å². The van der Waals surface area contributed by atoms with Crippen LogP contribution < -0.4 is 11.2 Å². The zero-order valence-corrected chi connectivity index (χ0v) is 21.5. The molecule has 0 saturated carbocycles. The molecule has 16 heteroatoms. The predicted octanol–water partition coefficient (Wildman–Crippen LogP) is -2.91. The first-order valence-corrected chi connectivity index (χ1v) is 12.4. The van der Waals surface area contributed by atoms with Crippen molar-refractivity contribution in [1.82, 2.24) is 24.9 Å². The van der Waals surface area contributed by atoms with Crippen molar-refractivity contribution in [2.75, 3.05) is 85.1 Å². The Kier molecular flexibility index (Phi) is 16.0. The van der Waals surface area contributed by atoms with Gasteiger partial charge in [-0.1, -0.05) is 0 Å². The summed E-state index contributed by atoms with van der Waals surface area (Å²) in [5.41, 5.74) is 0. The maximum absolute atomic E-state index is 12.2. The third-order valence-electron chi connectivity index (χ3n) is 6.08. The molecule has 1 rings (SSSR count). The van der Waals surface area contributed by atoms with Crippen LogP contribution in [0.2, 0.25) is 0 Å². The summed E-state index contributed by atoms with van der Waals surface area (Å²) in [4.78, 5) is 69.3. The van der Waals surface area contributed by atoms with Gasteiger partial charge >= 0.3 is 23.9 Å². The van der Waals surface area contributed by atoms with E-state index >= 15 is 0 Å². The van der Waals surface area contributed by atoms with Crippen LogP contribution in [0.3, 0.4) is 0 Å². The zero-order valence-electron chi connectivity index (χ0n) is 21.5. The minimum atomic E-state index is -1.15. The molecule has 0 aromatic rings. The van der Waals surface area contributed by atoms with Crippen molar-refractivity contribution in [2.24, 2.45) is 5.90 Å². The number of aliphatic carboxylic acids is 4. The molecule has 1 fully saturated rings. The second-order valence-electron chi connectivity index (χ2n) is 9.01. The second-order valence-corrected chi connectivity index (χ2v) is 9.01. The molecule has 1 atom stereocenters. The van der Waals surface area contributed by atoms with Gasteiger partial charge in [-0.15, -0.1) is 0 Å². The van der Waals surface area contributed by atoms with E-state index in [0.717, 1.165) is 0 Å². The molecular weight excluding hydrogens is 508 g/mol. The van der Waals surface area contributed by atoms with Crippen LogP contribution in [0.15, 0.2) is 0 Å². The Morgan fingerprint density at radius 1 is 0.737 bits per heavy atom. The average molecular weight is 549 g/mol. The molecule has 0 aliphatic carbocycles. The summed E-state index contributed by atoms with van der Waals surface area (Å²) >= 11 is 0. The molecule has 16 nitrogen and oxygen atoms in total. The van der Waals surface area contributed by atoms with E-state index in [-0.39, 0.29) is 97.3 Å². The van der Waals surface area contributed by atoms with E-state index in [1.807, 2.05) is 0 Å². The Hall–Kier alpha value is -2.89. The van der Waals surface area contributed by atoms with E-state index < -0.39 is 29.9 Å². The molecule has 1 heterocycles. The van der Waals surface area contributed by atoms with Gasteiger partial charge in [0.25, 0.3) is 0 Å². The molecule has 1 aliphatic heterocycles. The molecule has 0 aromatic heterocycles. The number of rotatable bonds is 15. The van der Waals surface area contributed by atoms with Gasteiger partial charge in [0.1, 0.15) is 6.04 Å². The minimum absolute atomic E-state index is 0.00118. The van der Waals surface area contributed by atoms with Crippen LogP contribution in [-0.4, -0.2) is 161 Å². The topological polar surface area (TPSA) is 227 Å². The highest BCUT2D eigenvalue weighted by Crippen LogP contribution is 2.10. The number of carboxylic acids is 4. The molecule has 0 aromatic carbocycles. The van der Waals surface area contributed by atoms with Crippen molar-refractivity contribution in [3.8, 4) is 0 Å². The molecule has 7 N–H and O–H groups in total. The number of nitrogens with two attached hydrogens (primary N) is 1. The molecule has 218 valence electrons. The van der Waals surface area contributed by atoms with Crippen molar-refractivity contribution in [2.45, 2.75) is 25.3 Å². The Balaban J connectivity index is 3.02. The van der Waals surface area contributed by atoms with Crippen LogP contribution in [0.4, 0.5) is 0 Å². The fraction of sp³-hybridized carbons (Fsp3) is 0.773. The number of hydrogen-bond acceptors (Lipinski definition) is 11. The number of carboxylic acid groups (broad SMARTS) is 4.